The molecule has 1 spiro atoms. The van der Waals surface area contributed by atoms with E-state index in [1.165, 1.54) is 38.3 Å². The molecule has 3 aromatic rings. The molecule has 1 amide bonds. The van der Waals surface area contributed by atoms with E-state index in [2.05, 4.69) is 80.3 Å². The van der Waals surface area contributed by atoms with Crippen molar-refractivity contribution in [2.75, 3.05) is 23.3 Å². The number of unbranched alkanes of at least 4 members (excludes halogenated alkanes) is 4. The molecular formula is C44H65FN6O. The summed E-state index contributed by atoms with van der Waals surface area (Å²) in [5.74, 6) is 1.89. The number of pyridine rings is 2. The molecule has 1 saturated carbocycles. The Balaban J connectivity index is 0.000000482. The van der Waals surface area contributed by atoms with Crippen molar-refractivity contribution in [3.63, 3.8) is 0 Å². The maximum atomic E-state index is 14.7. The number of halogens is 1. The fourth-order valence-corrected chi connectivity index (χ4v) is 7.33. The van der Waals surface area contributed by atoms with Gasteiger partial charge in [0, 0.05) is 34.8 Å². The summed E-state index contributed by atoms with van der Waals surface area (Å²) < 4.78 is 14.7. The number of anilines is 3. The summed E-state index contributed by atoms with van der Waals surface area (Å²) in [5.41, 5.74) is 6.02. The molecule has 7 nitrogen and oxygen atoms in total. The lowest BCUT2D eigenvalue weighted by Crippen LogP contribution is -2.52. The van der Waals surface area contributed by atoms with Crippen molar-refractivity contribution in [2.45, 2.75) is 144 Å². The lowest BCUT2D eigenvalue weighted by atomic mass is 9.73. The number of benzene rings is 1. The van der Waals surface area contributed by atoms with Crippen LogP contribution in [0.4, 0.5) is 27.3 Å². The van der Waals surface area contributed by atoms with Gasteiger partial charge in [-0.25, -0.2) is 9.37 Å². The summed E-state index contributed by atoms with van der Waals surface area (Å²) in [6.07, 6.45) is 15.8. The predicted molar refractivity (Wildman–Crippen MR) is 218 cm³/mol. The molecular weight excluding hydrogens is 648 g/mol. The summed E-state index contributed by atoms with van der Waals surface area (Å²) in [4.78, 5) is 30.0. The molecule has 2 aromatic heterocycles. The van der Waals surface area contributed by atoms with E-state index in [0.717, 1.165) is 91.3 Å². The zero-order valence-electron chi connectivity index (χ0n) is 33.5. The Kier molecular flexibility index (Phi) is 15.4. The number of carbonyl (C=O) groups is 1. The number of hydrogen-bond acceptors (Lipinski definition) is 6. The topological polar surface area (TPSA) is 82.5 Å². The molecule has 2 aliphatic heterocycles. The number of aliphatic imine (C=N–C) groups is 1. The lowest BCUT2D eigenvalue weighted by molar-refractivity contribution is -0.125. The number of rotatable bonds is 11. The molecule has 3 aliphatic rings. The van der Waals surface area contributed by atoms with Gasteiger partial charge in [-0.05, 0) is 94.6 Å². The average molecular weight is 713 g/mol. The number of aryl methyl sites for hydroxylation is 1. The third kappa shape index (κ3) is 9.85. The molecule has 8 heteroatoms. The van der Waals surface area contributed by atoms with Crippen LogP contribution in [0.15, 0.2) is 41.5 Å². The van der Waals surface area contributed by atoms with Gasteiger partial charge in [0.1, 0.15) is 5.82 Å². The smallest absolute Gasteiger partial charge is 0.238 e. The van der Waals surface area contributed by atoms with Crippen LogP contribution in [0.25, 0.3) is 11.3 Å². The van der Waals surface area contributed by atoms with Crippen molar-refractivity contribution in [2.24, 2.45) is 16.8 Å². The Morgan fingerprint density at radius 2 is 1.69 bits per heavy atom. The largest absolute Gasteiger partial charge is 0.337 e. The normalized spacial score (nSPS) is 18.8. The van der Waals surface area contributed by atoms with Crippen molar-refractivity contribution < 1.29 is 9.18 Å². The van der Waals surface area contributed by atoms with Gasteiger partial charge in [-0.1, -0.05) is 99.1 Å². The van der Waals surface area contributed by atoms with Gasteiger partial charge in [0.25, 0.3) is 0 Å². The number of nitrogens with one attached hydrogen (secondary N) is 2. The summed E-state index contributed by atoms with van der Waals surface area (Å²) in [5, 5.41) is 6.64. The lowest BCUT2D eigenvalue weighted by Gasteiger charge is -2.42. The Hall–Kier alpha value is -3.65. The Labute approximate surface area is 313 Å². The van der Waals surface area contributed by atoms with E-state index in [1.807, 2.05) is 33.1 Å². The molecule has 2 N–H and O–H groups in total. The zero-order valence-corrected chi connectivity index (χ0v) is 33.5. The van der Waals surface area contributed by atoms with Crippen LogP contribution in [0.5, 0.6) is 0 Å². The van der Waals surface area contributed by atoms with E-state index in [4.69, 9.17) is 9.98 Å². The maximum absolute atomic E-state index is 14.7. The number of hydrogen-bond donors (Lipinski definition) is 2. The van der Waals surface area contributed by atoms with Crippen LogP contribution < -0.4 is 15.5 Å². The summed E-state index contributed by atoms with van der Waals surface area (Å²) in [7, 11) is 0. The van der Waals surface area contributed by atoms with E-state index in [1.54, 1.807) is 6.07 Å². The Morgan fingerprint density at radius 3 is 2.31 bits per heavy atom. The van der Waals surface area contributed by atoms with Crippen LogP contribution in [-0.2, 0) is 10.2 Å². The molecule has 284 valence electrons. The highest BCUT2D eigenvalue weighted by Crippen LogP contribution is 2.52. The average Bonchev–Trinajstić information content (AvgIpc) is 3.32. The second-order valence-electron chi connectivity index (χ2n) is 15.6. The van der Waals surface area contributed by atoms with E-state index in [9.17, 15) is 9.18 Å². The SMILES string of the molecule is CC(C)C.CCC=Nc1cc(-c2ccc3c(c2)N(C2CC(CC)C2)C(=O)C32CCNCC2)nc(Nc2cc(C)ncc2F)c1C.CCCCCCC. The molecule has 0 atom stereocenters. The van der Waals surface area contributed by atoms with Gasteiger partial charge in [0.15, 0.2) is 5.82 Å². The minimum absolute atomic E-state index is 0.251. The Morgan fingerprint density at radius 1 is 1.02 bits per heavy atom. The predicted octanol–water partition coefficient (Wildman–Crippen LogP) is 11.6. The van der Waals surface area contributed by atoms with Crippen LogP contribution >= 0.6 is 0 Å². The molecule has 2 fully saturated rings. The van der Waals surface area contributed by atoms with E-state index < -0.39 is 11.2 Å². The molecule has 4 heterocycles. The van der Waals surface area contributed by atoms with Gasteiger partial charge >= 0.3 is 0 Å². The molecule has 52 heavy (non-hydrogen) atoms. The van der Waals surface area contributed by atoms with Gasteiger partial charge < -0.3 is 15.5 Å². The molecule has 0 unspecified atom stereocenters. The quantitative estimate of drug-likeness (QED) is 0.153. The minimum Gasteiger partial charge on any atom is -0.337 e. The third-order valence-electron chi connectivity index (χ3n) is 10.4. The van der Waals surface area contributed by atoms with Gasteiger partial charge in [0.2, 0.25) is 5.91 Å². The summed E-state index contributed by atoms with van der Waals surface area (Å²) in [6.45, 7) is 20.7. The number of piperidine rings is 1. The first-order valence-electron chi connectivity index (χ1n) is 20.1. The fourth-order valence-electron chi connectivity index (χ4n) is 7.33. The van der Waals surface area contributed by atoms with Crippen LogP contribution in [-0.4, -0.2) is 41.2 Å². The third-order valence-corrected chi connectivity index (χ3v) is 10.4. The van der Waals surface area contributed by atoms with Crippen LogP contribution in [0.1, 0.15) is 136 Å². The zero-order chi connectivity index (χ0) is 37.8. The van der Waals surface area contributed by atoms with Gasteiger partial charge in [0.05, 0.1) is 28.7 Å². The van der Waals surface area contributed by atoms with Crippen molar-refractivity contribution in [3.8, 4) is 11.3 Å². The summed E-state index contributed by atoms with van der Waals surface area (Å²) >= 11 is 0. The van der Waals surface area contributed by atoms with E-state index in [0.29, 0.717) is 23.1 Å². The molecule has 0 bridgehead atoms. The number of amides is 1. The van der Waals surface area contributed by atoms with E-state index in [-0.39, 0.29) is 11.9 Å². The van der Waals surface area contributed by atoms with Gasteiger partial charge in [-0.2, -0.15) is 0 Å². The Bertz CT molecular complexity index is 1630. The second-order valence-corrected chi connectivity index (χ2v) is 15.6. The number of nitrogens with zero attached hydrogens (tertiary/aromatic N) is 4. The van der Waals surface area contributed by atoms with Crippen LogP contribution in [0.3, 0.4) is 0 Å². The van der Waals surface area contributed by atoms with Crippen molar-refractivity contribution in [1.82, 2.24) is 15.3 Å². The first kappa shape index (κ1) is 41.1. The highest BCUT2D eigenvalue weighted by atomic mass is 19.1. The number of aromatic nitrogens is 2. The molecule has 1 aliphatic carbocycles. The maximum Gasteiger partial charge on any atom is 0.238 e. The first-order chi connectivity index (χ1) is 25.0. The molecule has 1 saturated heterocycles. The van der Waals surface area contributed by atoms with Crippen LogP contribution in [0, 0.1) is 31.5 Å². The molecule has 6 rings (SSSR count). The van der Waals surface area contributed by atoms with E-state index >= 15 is 0 Å². The van der Waals surface area contributed by atoms with Crippen molar-refractivity contribution >= 4 is 35.0 Å². The molecule has 1 aromatic carbocycles. The highest BCUT2D eigenvalue weighted by Gasteiger charge is 2.54. The van der Waals surface area contributed by atoms with Crippen LogP contribution in [0.2, 0.25) is 0 Å². The van der Waals surface area contributed by atoms with Gasteiger partial charge in [-0.3, -0.25) is 14.8 Å². The molecule has 0 radical (unpaired) electrons. The van der Waals surface area contributed by atoms with Crippen molar-refractivity contribution in [3.05, 3.63) is 59.2 Å². The monoisotopic (exact) mass is 713 g/mol. The number of carbonyl (C=O) groups excluding carboxylic acids is 1. The number of fused-ring (bicyclic) bond motifs is 2. The second kappa shape index (κ2) is 19.4. The fraction of sp³-hybridized carbons (Fsp3) is 0.591. The minimum atomic E-state index is -0.447. The van der Waals surface area contributed by atoms with Crippen molar-refractivity contribution in [1.29, 1.82) is 0 Å². The summed E-state index contributed by atoms with van der Waals surface area (Å²) in [6, 6.07) is 10.3. The van der Waals surface area contributed by atoms with Gasteiger partial charge in [-0.15, -0.1) is 0 Å². The highest BCUT2D eigenvalue weighted by molar-refractivity contribution is 6.09. The first-order valence-corrected chi connectivity index (χ1v) is 20.1. The standard InChI is InChI=1S/C33H39FN6O.C7H16.C4H10/c1-5-11-36-27-18-28(38-31(21(27)4)39-29-14-20(3)37-19-26(29)34)23-7-8-25-30(17-23)40(24-15-22(6-2)16-24)32(41)33(25)9-12-35-13-10-33;1-3-5-7-6-4-2;1-4(2)3/h7-8,11,14,17-19,22,24,35H,5-6,9-10,12-13,15-16H2,1-4H3,(H,37,38,39);3-7H2,1-2H3;4H,1-3H3.